The summed E-state index contributed by atoms with van der Waals surface area (Å²) in [6, 6.07) is 0. The van der Waals surface area contributed by atoms with E-state index in [-0.39, 0.29) is 0 Å². The number of ether oxygens (including phenoxy) is 1. The molecule has 7 nitrogen and oxygen atoms in total. The molecule has 0 saturated carbocycles. The van der Waals surface area contributed by atoms with Crippen molar-refractivity contribution in [2.45, 2.75) is 39.3 Å². The number of amides is 1. The van der Waals surface area contributed by atoms with Crippen molar-refractivity contribution >= 4 is 6.09 Å². The van der Waals surface area contributed by atoms with Crippen LogP contribution < -0.4 is 5.32 Å². The lowest BCUT2D eigenvalue weighted by atomic mass is 10.2. The number of nitrogens with one attached hydrogen (secondary N) is 2. The van der Waals surface area contributed by atoms with E-state index in [4.69, 9.17) is 4.74 Å². The second kappa shape index (κ2) is 6.43. The van der Waals surface area contributed by atoms with Gasteiger partial charge in [0.25, 0.3) is 0 Å². The summed E-state index contributed by atoms with van der Waals surface area (Å²) in [5, 5.41) is 9.45. The molecular weight excluding hydrogens is 270 g/mol. The number of aromatic amines is 1. The second-order valence-corrected chi connectivity index (χ2v) is 5.80. The van der Waals surface area contributed by atoms with Gasteiger partial charge in [-0.3, -0.25) is 5.10 Å². The third kappa shape index (κ3) is 4.94. The van der Waals surface area contributed by atoms with Crippen LogP contribution in [0.25, 0.3) is 0 Å². The largest absolute Gasteiger partial charge is 0.444 e. The molecule has 0 fully saturated rings. The number of carbonyl (C=O) groups is 1. The quantitative estimate of drug-likeness (QED) is 0.878. The van der Waals surface area contributed by atoms with Crippen molar-refractivity contribution in [1.29, 1.82) is 0 Å². The highest BCUT2D eigenvalue weighted by Gasteiger charge is 2.15. The predicted molar refractivity (Wildman–Crippen MR) is 77.9 cm³/mol. The minimum atomic E-state index is -0.479. The normalized spacial score (nSPS) is 11.4. The van der Waals surface area contributed by atoms with Gasteiger partial charge in [-0.25, -0.2) is 9.78 Å². The Hall–Kier alpha value is -2.31. The highest BCUT2D eigenvalue weighted by molar-refractivity contribution is 5.67. The molecule has 0 saturated heterocycles. The van der Waals surface area contributed by atoms with E-state index in [2.05, 4.69) is 20.5 Å². The van der Waals surface area contributed by atoms with Crippen molar-refractivity contribution in [2.24, 2.45) is 0 Å². The topological polar surface area (TPSA) is 84.8 Å². The maximum atomic E-state index is 11.6. The van der Waals surface area contributed by atoms with Crippen LogP contribution in [0.4, 0.5) is 4.79 Å². The van der Waals surface area contributed by atoms with E-state index in [0.29, 0.717) is 19.5 Å². The Morgan fingerprint density at radius 3 is 2.90 bits per heavy atom. The molecule has 2 heterocycles. The van der Waals surface area contributed by atoms with E-state index in [1.807, 2.05) is 31.5 Å². The summed E-state index contributed by atoms with van der Waals surface area (Å²) in [5.41, 5.74) is 1.65. The molecule has 0 aliphatic heterocycles. The standard InChI is InChI=1S/C14H21N5O2/c1-14(2,3)21-13(20)16-5-4-12-8-15-10-19(12)9-11-6-17-18-7-11/h6-8,10H,4-5,9H2,1-3H3,(H,16,20)(H,17,18). The summed E-state index contributed by atoms with van der Waals surface area (Å²) in [7, 11) is 0. The second-order valence-electron chi connectivity index (χ2n) is 5.80. The Labute approximate surface area is 123 Å². The van der Waals surface area contributed by atoms with E-state index in [0.717, 1.165) is 11.3 Å². The Morgan fingerprint density at radius 1 is 1.43 bits per heavy atom. The van der Waals surface area contributed by atoms with Gasteiger partial charge in [0, 0.05) is 36.6 Å². The highest BCUT2D eigenvalue weighted by Crippen LogP contribution is 2.07. The molecule has 2 rings (SSSR count). The van der Waals surface area contributed by atoms with Gasteiger partial charge in [0.2, 0.25) is 0 Å². The fourth-order valence-electron chi connectivity index (χ4n) is 1.87. The van der Waals surface area contributed by atoms with Crippen LogP contribution in [0.2, 0.25) is 0 Å². The summed E-state index contributed by atoms with van der Waals surface area (Å²) in [5.74, 6) is 0. The van der Waals surface area contributed by atoms with Crippen LogP contribution in [0.15, 0.2) is 24.9 Å². The molecule has 1 amide bonds. The first-order valence-electron chi connectivity index (χ1n) is 6.87. The van der Waals surface area contributed by atoms with Gasteiger partial charge < -0.3 is 14.6 Å². The molecule has 0 aliphatic carbocycles. The van der Waals surface area contributed by atoms with Crippen molar-refractivity contribution in [2.75, 3.05) is 6.54 Å². The number of alkyl carbamates (subject to hydrolysis) is 1. The molecule has 0 spiro atoms. The zero-order valence-electron chi connectivity index (χ0n) is 12.6. The molecule has 2 aromatic rings. The lowest BCUT2D eigenvalue weighted by molar-refractivity contribution is 0.0528. The molecule has 21 heavy (non-hydrogen) atoms. The molecule has 0 radical (unpaired) electrons. The molecule has 0 bridgehead atoms. The Balaban J connectivity index is 1.81. The van der Waals surface area contributed by atoms with E-state index >= 15 is 0 Å². The van der Waals surface area contributed by atoms with E-state index < -0.39 is 11.7 Å². The molecule has 2 N–H and O–H groups in total. The van der Waals surface area contributed by atoms with Gasteiger partial charge in [-0.2, -0.15) is 5.10 Å². The average molecular weight is 291 g/mol. The number of imidazole rings is 1. The summed E-state index contributed by atoms with van der Waals surface area (Å²) >= 11 is 0. The molecule has 2 aromatic heterocycles. The first kappa shape index (κ1) is 15.1. The fourth-order valence-corrected chi connectivity index (χ4v) is 1.87. The van der Waals surface area contributed by atoms with E-state index in [1.54, 1.807) is 18.7 Å². The van der Waals surface area contributed by atoms with Crippen LogP contribution in [0, 0.1) is 0 Å². The number of hydrogen-bond acceptors (Lipinski definition) is 4. The van der Waals surface area contributed by atoms with Crippen LogP contribution >= 0.6 is 0 Å². The predicted octanol–water partition coefficient (Wildman–Crippen LogP) is 1.72. The molecular formula is C14H21N5O2. The van der Waals surface area contributed by atoms with Gasteiger partial charge in [0.1, 0.15) is 5.60 Å². The Bertz CT molecular complexity index is 568. The number of H-pyrrole nitrogens is 1. The maximum absolute atomic E-state index is 11.6. The number of carbonyl (C=O) groups excluding carboxylic acids is 1. The molecule has 7 heteroatoms. The van der Waals surface area contributed by atoms with Gasteiger partial charge in [0.15, 0.2) is 0 Å². The van der Waals surface area contributed by atoms with Crippen molar-refractivity contribution in [3.63, 3.8) is 0 Å². The lowest BCUT2D eigenvalue weighted by Gasteiger charge is -2.19. The summed E-state index contributed by atoms with van der Waals surface area (Å²) < 4.78 is 7.22. The van der Waals surface area contributed by atoms with Crippen LogP contribution in [0.1, 0.15) is 32.0 Å². The van der Waals surface area contributed by atoms with Gasteiger partial charge >= 0.3 is 6.09 Å². The SMILES string of the molecule is CC(C)(C)OC(=O)NCCc1cncn1Cc1cn[nH]c1. The molecule has 114 valence electrons. The zero-order valence-corrected chi connectivity index (χ0v) is 12.6. The van der Waals surface area contributed by atoms with Crippen LogP contribution in [-0.2, 0) is 17.7 Å². The molecule has 0 atom stereocenters. The van der Waals surface area contributed by atoms with Gasteiger partial charge in [-0.05, 0) is 20.8 Å². The van der Waals surface area contributed by atoms with Crippen molar-refractivity contribution in [1.82, 2.24) is 25.1 Å². The molecule has 0 aliphatic rings. The number of aromatic nitrogens is 4. The third-order valence-corrected chi connectivity index (χ3v) is 2.76. The first-order chi connectivity index (χ1) is 9.94. The van der Waals surface area contributed by atoms with Gasteiger partial charge in [-0.15, -0.1) is 0 Å². The number of rotatable bonds is 5. The summed E-state index contributed by atoms with van der Waals surface area (Å²) in [6.45, 7) is 6.73. The highest BCUT2D eigenvalue weighted by atomic mass is 16.6. The van der Waals surface area contributed by atoms with Crippen LogP contribution in [0.3, 0.4) is 0 Å². The number of nitrogens with zero attached hydrogens (tertiary/aromatic N) is 3. The van der Waals surface area contributed by atoms with E-state index in [9.17, 15) is 4.79 Å². The average Bonchev–Trinajstić information content (AvgIpc) is 3.00. The Kier molecular flexibility index (Phi) is 4.62. The van der Waals surface area contributed by atoms with Crippen molar-refractivity contribution in [3.05, 3.63) is 36.2 Å². The van der Waals surface area contributed by atoms with Gasteiger partial charge in [-0.1, -0.05) is 0 Å². The van der Waals surface area contributed by atoms with Crippen LogP contribution in [-0.4, -0.2) is 38.0 Å². The lowest BCUT2D eigenvalue weighted by Crippen LogP contribution is -2.33. The minimum Gasteiger partial charge on any atom is -0.444 e. The summed E-state index contributed by atoms with van der Waals surface area (Å²) in [4.78, 5) is 15.7. The molecule has 0 unspecified atom stereocenters. The fraction of sp³-hybridized carbons (Fsp3) is 0.500. The maximum Gasteiger partial charge on any atom is 0.407 e. The van der Waals surface area contributed by atoms with E-state index in [1.165, 1.54) is 0 Å². The third-order valence-electron chi connectivity index (χ3n) is 2.76. The zero-order chi connectivity index (χ0) is 15.3. The number of hydrogen-bond donors (Lipinski definition) is 2. The van der Waals surface area contributed by atoms with Crippen molar-refractivity contribution in [3.8, 4) is 0 Å². The molecule has 0 aromatic carbocycles. The van der Waals surface area contributed by atoms with Crippen LogP contribution in [0.5, 0.6) is 0 Å². The monoisotopic (exact) mass is 291 g/mol. The van der Waals surface area contributed by atoms with Gasteiger partial charge in [0.05, 0.1) is 19.1 Å². The minimum absolute atomic E-state index is 0.400. The smallest absolute Gasteiger partial charge is 0.407 e. The first-order valence-corrected chi connectivity index (χ1v) is 6.87. The summed E-state index contributed by atoms with van der Waals surface area (Å²) in [6.07, 6.45) is 7.50. The van der Waals surface area contributed by atoms with Crippen molar-refractivity contribution < 1.29 is 9.53 Å². The Morgan fingerprint density at radius 2 is 2.24 bits per heavy atom.